The van der Waals surface area contributed by atoms with Gasteiger partial charge in [-0.05, 0) is 18.6 Å². The van der Waals surface area contributed by atoms with Gasteiger partial charge in [-0.25, -0.2) is 0 Å². The van der Waals surface area contributed by atoms with Crippen LogP contribution in [-0.4, -0.2) is 36.8 Å². The first kappa shape index (κ1) is 16.9. The number of ether oxygens (including phenoxy) is 1. The van der Waals surface area contributed by atoms with Gasteiger partial charge in [0.05, 0.1) is 30.1 Å². The number of aliphatic hydroxyl groups is 1. The maximum absolute atomic E-state index is 11.2. The molecule has 0 spiro atoms. The molecule has 7 nitrogen and oxygen atoms in total. The molecule has 0 heterocycles. The number of nitrogens with zero attached hydrogens (tertiary/aromatic N) is 3. The summed E-state index contributed by atoms with van der Waals surface area (Å²) in [5, 5.41) is 29.5. The number of nitro benzene ring substituents is 1. The molecule has 0 saturated heterocycles. The minimum absolute atomic E-state index is 0.0811. The molecule has 0 aromatic heterocycles. The Hall–Kier alpha value is -2.17. The second kappa shape index (κ2) is 8.19. The van der Waals surface area contributed by atoms with Crippen molar-refractivity contribution in [1.29, 1.82) is 5.26 Å². The molecule has 114 valence electrons. The van der Waals surface area contributed by atoms with E-state index in [1.54, 1.807) is 31.1 Å². The largest absolute Gasteiger partial charge is 0.389 e. The molecule has 21 heavy (non-hydrogen) atoms. The summed E-state index contributed by atoms with van der Waals surface area (Å²) in [4.78, 5) is 12.5. The highest BCUT2D eigenvalue weighted by atomic mass is 16.6. The van der Waals surface area contributed by atoms with E-state index < -0.39 is 11.0 Å². The summed E-state index contributed by atoms with van der Waals surface area (Å²) in [7, 11) is 1.55. The fourth-order valence-electron chi connectivity index (χ4n) is 1.95. The quantitative estimate of drug-likeness (QED) is 0.581. The number of hydrogen-bond donors (Lipinski definition) is 1. The number of nitriles is 1. The van der Waals surface area contributed by atoms with Gasteiger partial charge in [-0.15, -0.1) is 0 Å². The predicted molar refractivity (Wildman–Crippen MR) is 78.0 cm³/mol. The van der Waals surface area contributed by atoms with Crippen molar-refractivity contribution >= 4 is 11.4 Å². The summed E-state index contributed by atoms with van der Waals surface area (Å²) in [6.07, 6.45) is -0.511. The Morgan fingerprint density at radius 2 is 2.24 bits per heavy atom. The Labute approximate surface area is 123 Å². The molecule has 0 bridgehead atoms. The highest BCUT2D eigenvalue weighted by Crippen LogP contribution is 2.31. The van der Waals surface area contributed by atoms with E-state index in [4.69, 9.17) is 10.00 Å². The third-order valence-electron chi connectivity index (χ3n) is 3.08. The van der Waals surface area contributed by atoms with Gasteiger partial charge >= 0.3 is 0 Å². The van der Waals surface area contributed by atoms with E-state index in [1.807, 2.05) is 6.07 Å². The van der Waals surface area contributed by atoms with Crippen LogP contribution in [0.2, 0.25) is 0 Å². The molecule has 0 aliphatic carbocycles. The van der Waals surface area contributed by atoms with Gasteiger partial charge in [0.15, 0.2) is 0 Å². The number of nitro groups is 1. The lowest BCUT2D eigenvalue weighted by molar-refractivity contribution is -0.384. The van der Waals surface area contributed by atoms with Crippen molar-refractivity contribution in [2.24, 2.45) is 0 Å². The zero-order valence-electron chi connectivity index (χ0n) is 12.2. The third kappa shape index (κ3) is 4.70. The molecular weight excluding hydrogens is 274 g/mol. The Morgan fingerprint density at radius 1 is 1.52 bits per heavy atom. The average molecular weight is 293 g/mol. The van der Waals surface area contributed by atoms with Gasteiger partial charge in [-0.3, -0.25) is 10.1 Å². The first-order chi connectivity index (χ1) is 10.0. The molecule has 0 aliphatic heterocycles. The van der Waals surface area contributed by atoms with E-state index in [0.29, 0.717) is 30.9 Å². The maximum Gasteiger partial charge on any atom is 0.292 e. The molecule has 0 fully saturated rings. The molecule has 0 saturated carbocycles. The van der Waals surface area contributed by atoms with Gasteiger partial charge in [0, 0.05) is 26.3 Å². The molecule has 0 radical (unpaired) electrons. The first-order valence-corrected chi connectivity index (χ1v) is 6.58. The van der Waals surface area contributed by atoms with Crippen molar-refractivity contribution in [2.45, 2.75) is 19.4 Å². The Morgan fingerprint density at radius 3 is 2.76 bits per heavy atom. The van der Waals surface area contributed by atoms with Crippen LogP contribution in [0, 0.1) is 21.4 Å². The van der Waals surface area contributed by atoms with Crippen molar-refractivity contribution < 1.29 is 14.8 Å². The summed E-state index contributed by atoms with van der Waals surface area (Å²) in [6.45, 7) is 2.79. The first-order valence-electron chi connectivity index (χ1n) is 6.58. The van der Waals surface area contributed by atoms with E-state index in [1.165, 1.54) is 6.07 Å². The Balaban J connectivity index is 3.16. The normalized spacial score (nSPS) is 11.7. The summed E-state index contributed by atoms with van der Waals surface area (Å²) in [5.41, 5.74) is 0.830. The topological polar surface area (TPSA) is 99.6 Å². The zero-order chi connectivity index (χ0) is 15.8. The lowest BCUT2D eigenvalue weighted by Gasteiger charge is -2.23. The van der Waals surface area contributed by atoms with Gasteiger partial charge in [-0.1, -0.05) is 6.07 Å². The fourth-order valence-corrected chi connectivity index (χ4v) is 1.95. The average Bonchev–Trinajstić information content (AvgIpc) is 2.46. The number of aliphatic hydroxyl groups excluding tert-OH is 1. The number of hydrogen-bond acceptors (Lipinski definition) is 6. The molecule has 0 amide bonds. The molecular formula is C14H19N3O4. The van der Waals surface area contributed by atoms with Gasteiger partial charge in [0.25, 0.3) is 5.69 Å². The summed E-state index contributed by atoms with van der Waals surface area (Å²) >= 11 is 0. The number of anilines is 1. The highest BCUT2D eigenvalue weighted by Gasteiger charge is 2.21. The standard InChI is InChI=1S/C14H19N3O4/c1-11(18)12-4-5-13(14(10-12)17(19)20)16(7-3-6-15)8-9-21-2/h4-5,10-11,18H,3,7-9H2,1-2H3. The SMILES string of the molecule is COCCN(CCC#N)c1ccc(C(C)O)cc1[N+](=O)[O-]. The summed E-state index contributed by atoms with van der Waals surface area (Å²) < 4.78 is 5.00. The smallest absolute Gasteiger partial charge is 0.292 e. The van der Waals surface area contributed by atoms with Crippen LogP contribution in [0.15, 0.2) is 18.2 Å². The van der Waals surface area contributed by atoms with Gasteiger partial charge < -0.3 is 14.7 Å². The molecule has 1 aromatic carbocycles. The van der Waals surface area contributed by atoms with Crippen molar-refractivity contribution in [2.75, 3.05) is 31.7 Å². The van der Waals surface area contributed by atoms with Crippen LogP contribution < -0.4 is 4.90 Å². The number of rotatable bonds is 8. The van der Waals surface area contributed by atoms with Gasteiger partial charge in [-0.2, -0.15) is 5.26 Å². The van der Waals surface area contributed by atoms with E-state index in [0.717, 1.165) is 0 Å². The highest BCUT2D eigenvalue weighted by molar-refractivity contribution is 5.64. The Bertz CT molecular complexity index is 525. The van der Waals surface area contributed by atoms with Crippen molar-refractivity contribution in [3.8, 4) is 6.07 Å². The minimum atomic E-state index is -0.774. The van der Waals surface area contributed by atoms with E-state index >= 15 is 0 Å². The van der Waals surface area contributed by atoms with E-state index in [-0.39, 0.29) is 12.1 Å². The predicted octanol–water partition coefficient (Wildman–Crippen LogP) is 2.01. The van der Waals surface area contributed by atoms with Crippen LogP contribution in [0.25, 0.3) is 0 Å². The van der Waals surface area contributed by atoms with Crippen molar-refractivity contribution in [3.63, 3.8) is 0 Å². The summed E-state index contributed by atoms with van der Waals surface area (Å²) in [6, 6.07) is 6.65. The lowest BCUT2D eigenvalue weighted by Crippen LogP contribution is -2.28. The summed E-state index contributed by atoms with van der Waals surface area (Å²) in [5.74, 6) is 0. The Kier molecular flexibility index (Phi) is 6.59. The van der Waals surface area contributed by atoms with Crippen molar-refractivity contribution in [1.82, 2.24) is 0 Å². The van der Waals surface area contributed by atoms with Gasteiger partial charge in [0.2, 0.25) is 0 Å². The van der Waals surface area contributed by atoms with E-state index in [2.05, 4.69) is 0 Å². The van der Waals surface area contributed by atoms with Crippen LogP contribution >= 0.6 is 0 Å². The number of methoxy groups -OCH3 is 1. The fraction of sp³-hybridized carbons (Fsp3) is 0.500. The van der Waals surface area contributed by atoms with Crippen molar-refractivity contribution in [3.05, 3.63) is 33.9 Å². The zero-order valence-corrected chi connectivity index (χ0v) is 12.2. The van der Waals surface area contributed by atoms with E-state index in [9.17, 15) is 15.2 Å². The molecule has 1 aromatic rings. The van der Waals surface area contributed by atoms with Crippen LogP contribution in [0.4, 0.5) is 11.4 Å². The second-order valence-electron chi connectivity index (χ2n) is 4.57. The molecule has 7 heteroatoms. The maximum atomic E-state index is 11.2. The van der Waals surface area contributed by atoms with Crippen LogP contribution in [0.3, 0.4) is 0 Å². The molecule has 1 N–H and O–H groups in total. The molecule has 1 atom stereocenters. The number of benzene rings is 1. The lowest BCUT2D eigenvalue weighted by atomic mass is 10.1. The minimum Gasteiger partial charge on any atom is -0.389 e. The monoisotopic (exact) mass is 293 g/mol. The third-order valence-corrected chi connectivity index (χ3v) is 3.08. The molecule has 1 unspecified atom stereocenters. The van der Waals surface area contributed by atoms with Gasteiger partial charge in [0.1, 0.15) is 5.69 Å². The van der Waals surface area contributed by atoms with Crippen LogP contribution in [0.1, 0.15) is 25.0 Å². The van der Waals surface area contributed by atoms with Crippen LogP contribution in [-0.2, 0) is 4.74 Å². The second-order valence-corrected chi connectivity index (χ2v) is 4.57. The van der Waals surface area contributed by atoms with Crippen LogP contribution in [0.5, 0.6) is 0 Å². The molecule has 1 rings (SSSR count). The molecule has 0 aliphatic rings.